The monoisotopic (exact) mass is 1020 g/mol. The third-order valence-electron chi connectivity index (χ3n) is 12.0. The Hall–Kier alpha value is -6.06. The van der Waals surface area contributed by atoms with Gasteiger partial charge >= 0.3 is 11.5 Å². The molecule has 2 heterocycles. The third kappa shape index (κ3) is 12.4. The van der Waals surface area contributed by atoms with E-state index >= 15 is 0 Å². The summed E-state index contributed by atoms with van der Waals surface area (Å²) in [4.78, 5) is 29.1. The minimum atomic E-state index is -3.60. The Kier molecular flexibility index (Phi) is 19.7. The molecule has 0 saturated heterocycles. The Morgan fingerprint density at radius 2 is 0.913 bits per heavy atom. The lowest BCUT2D eigenvalue weighted by Gasteiger charge is -2.27. The molecule has 0 radical (unpaired) electrons. The highest BCUT2D eigenvalue weighted by Gasteiger charge is 2.37. The van der Waals surface area contributed by atoms with Crippen LogP contribution in [-0.4, -0.2) is 67.8 Å². The van der Waals surface area contributed by atoms with Gasteiger partial charge in [0.25, 0.3) is 0 Å². The number of fused-ring (bicyclic) bond motifs is 4. The van der Waals surface area contributed by atoms with Crippen LogP contribution in [0.2, 0.25) is 0 Å². The molecule has 0 fully saturated rings. The average molecular weight is 1020 g/mol. The van der Waals surface area contributed by atoms with Gasteiger partial charge < -0.3 is 25.0 Å². The molecule has 2 aliphatic rings. The number of anilines is 4. The molecule has 69 heavy (non-hydrogen) atoms. The third-order valence-corrected chi connectivity index (χ3v) is 15.9. The fourth-order valence-electron chi connectivity index (χ4n) is 8.46. The van der Waals surface area contributed by atoms with Crippen LogP contribution < -0.4 is 20.9 Å². The van der Waals surface area contributed by atoms with Crippen LogP contribution in [0.4, 0.5) is 32.3 Å². The van der Waals surface area contributed by atoms with Crippen LogP contribution >= 0.6 is 24.0 Å². The smallest absolute Gasteiger partial charge is 0.411 e. The van der Waals surface area contributed by atoms with Crippen molar-refractivity contribution < 1.29 is 35.9 Å². The quantitative estimate of drug-likeness (QED) is 0.0937. The van der Waals surface area contributed by atoms with E-state index in [1.165, 1.54) is 5.69 Å². The molecule has 12 nitrogen and oxygen atoms in total. The molecule has 6 aromatic carbocycles. The molecule has 0 atom stereocenters. The summed E-state index contributed by atoms with van der Waals surface area (Å²) in [7, 11) is -7.15. The second kappa shape index (κ2) is 24.5. The lowest BCUT2D eigenvalue weighted by Crippen LogP contribution is -2.25. The maximum Gasteiger partial charge on any atom is 0.411 e. The van der Waals surface area contributed by atoms with E-state index in [0.717, 1.165) is 48.7 Å². The standard InChI is InChI=1S/C26H28N2O4S.C15H11ClO4S.C11H18N2.CH4.ClH/c1-4-28(5-2)19-14-15-23(18(3)16-19)27-26(29)32-17-22-20-10-6-8-12-24(20)33(30,31)25-13-9-7-11-21(22)25;16-15(17)20-9-12-10-5-1-3-7-13(10)21(18,19)14-8-4-2-6-11(12)14;1-4-13(5-2)10-6-7-11(12)9(3)8-10;;/h6-16,22H,4-5,17H2,1-3H3,(H,27,29);1-8,12H,9H2;6-8H,4-5,12H2,1-3H3;1H4;1H. The minimum absolute atomic E-state index is 0. The molecular weight excluding hydrogens is 956 g/mol. The van der Waals surface area contributed by atoms with Gasteiger partial charge in [-0.3, -0.25) is 5.32 Å². The number of hydrogen-bond donors (Lipinski definition) is 2. The number of carbonyl (C=O) groups excluding carboxylic acids is 2. The van der Waals surface area contributed by atoms with Crippen molar-refractivity contribution in [1.82, 2.24) is 0 Å². The summed E-state index contributed by atoms with van der Waals surface area (Å²) >= 11 is 5.23. The highest BCUT2D eigenvalue weighted by molar-refractivity contribution is 7.92. The van der Waals surface area contributed by atoms with Crippen molar-refractivity contribution in [3.63, 3.8) is 0 Å². The van der Waals surface area contributed by atoms with E-state index in [0.29, 0.717) is 27.9 Å². The van der Waals surface area contributed by atoms with Crippen LogP contribution in [-0.2, 0) is 29.1 Å². The second-order valence-corrected chi connectivity index (χ2v) is 20.0. The van der Waals surface area contributed by atoms with Crippen molar-refractivity contribution in [1.29, 1.82) is 0 Å². The maximum atomic E-state index is 13.1. The van der Waals surface area contributed by atoms with Gasteiger partial charge in [0.15, 0.2) is 0 Å². The zero-order valence-electron chi connectivity index (χ0n) is 38.9. The Labute approximate surface area is 419 Å². The summed E-state index contributed by atoms with van der Waals surface area (Å²) in [5.74, 6) is -0.707. The summed E-state index contributed by atoms with van der Waals surface area (Å²) in [5.41, 5.74) is 13.4. The molecule has 1 amide bonds. The predicted octanol–water partition coefficient (Wildman–Crippen LogP) is 12.2. The Bertz CT molecular complexity index is 2860. The first-order chi connectivity index (χ1) is 32.1. The van der Waals surface area contributed by atoms with Crippen LogP contribution in [0, 0.1) is 13.8 Å². The Morgan fingerprint density at radius 1 is 0.565 bits per heavy atom. The number of sulfone groups is 2. The van der Waals surface area contributed by atoms with Crippen LogP contribution in [0.5, 0.6) is 0 Å². The number of nitrogens with zero attached hydrogens (tertiary/aromatic N) is 2. The minimum Gasteiger partial charge on any atom is -0.453 e. The number of benzene rings is 6. The molecule has 0 saturated carbocycles. The summed E-state index contributed by atoms with van der Waals surface area (Å²) in [5, 5.41) is 2.82. The van der Waals surface area contributed by atoms with Gasteiger partial charge in [0.1, 0.15) is 13.2 Å². The first-order valence-electron chi connectivity index (χ1n) is 22.2. The van der Waals surface area contributed by atoms with Crippen molar-refractivity contribution in [2.75, 3.05) is 60.2 Å². The summed E-state index contributed by atoms with van der Waals surface area (Å²) < 4.78 is 61.9. The van der Waals surface area contributed by atoms with Crippen molar-refractivity contribution in [3.05, 3.63) is 167 Å². The van der Waals surface area contributed by atoms with E-state index in [9.17, 15) is 26.4 Å². The maximum absolute atomic E-state index is 13.1. The van der Waals surface area contributed by atoms with Gasteiger partial charge in [0.05, 0.1) is 19.6 Å². The van der Waals surface area contributed by atoms with Gasteiger partial charge in [-0.15, -0.1) is 12.4 Å². The van der Waals surface area contributed by atoms with Crippen LogP contribution in [0.25, 0.3) is 0 Å². The number of amides is 1. The fourth-order valence-corrected chi connectivity index (χ4v) is 12.1. The molecule has 0 aromatic heterocycles. The molecule has 3 N–H and O–H groups in total. The first kappa shape index (κ1) is 55.5. The number of nitrogens with two attached hydrogens (primary N) is 1. The van der Waals surface area contributed by atoms with Gasteiger partial charge in [-0.1, -0.05) is 80.2 Å². The van der Waals surface area contributed by atoms with E-state index in [1.807, 2.05) is 38.1 Å². The molecule has 0 unspecified atom stereocenters. The number of aryl methyl sites for hydroxylation is 2. The number of halogens is 2. The van der Waals surface area contributed by atoms with Crippen LogP contribution in [0.1, 0.15) is 80.3 Å². The van der Waals surface area contributed by atoms with E-state index < -0.39 is 31.2 Å². The van der Waals surface area contributed by atoms with Crippen molar-refractivity contribution in [2.45, 2.75) is 80.4 Å². The Balaban J connectivity index is 0.000000246. The van der Waals surface area contributed by atoms with Crippen LogP contribution in [0.3, 0.4) is 0 Å². The second-order valence-electron chi connectivity index (χ2n) is 15.9. The Morgan fingerprint density at radius 3 is 1.26 bits per heavy atom. The highest BCUT2D eigenvalue weighted by atomic mass is 35.5. The number of hydrogen-bond acceptors (Lipinski definition) is 11. The molecule has 0 aliphatic carbocycles. The van der Waals surface area contributed by atoms with Gasteiger partial charge in [-0.05, 0) is 136 Å². The zero-order valence-corrected chi connectivity index (χ0v) is 42.1. The molecule has 6 aromatic rings. The van der Waals surface area contributed by atoms with E-state index in [2.05, 4.69) is 54.9 Å². The fraction of sp³-hybridized carbons (Fsp3) is 0.283. The molecular formula is C53H62Cl2N4O8S2. The number of nitrogens with one attached hydrogen (secondary N) is 1. The molecule has 368 valence electrons. The molecule has 0 spiro atoms. The lowest BCUT2D eigenvalue weighted by molar-refractivity contribution is 0.157. The average Bonchev–Trinajstić information content (AvgIpc) is 3.32. The van der Waals surface area contributed by atoms with E-state index in [1.54, 1.807) is 97.1 Å². The topological polar surface area (TPSA) is 165 Å². The summed E-state index contributed by atoms with van der Waals surface area (Å²) in [6.45, 7) is 16.5. The number of ether oxygens (including phenoxy) is 2. The first-order valence-corrected chi connectivity index (χ1v) is 25.5. The van der Waals surface area contributed by atoms with E-state index in [4.69, 9.17) is 26.8 Å². The SMILES string of the molecule is C.CCN(CC)c1ccc(N)c(C)c1.CCN(CC)c1ccc(NC(=O)OCC2c3ccccc3S(=O)(=O)c3ccccc32)c(C)c1.Cl.O=C(Cl)OCC1c2ccccc2S(=O)(=O)c2ccccc21. The highest BCUT2D eigenvalue weighted by Crippen LogP contribution is 2.43. The lowest BCUT2D eigenvalue weighted by atomic mass is 9.91. The molecule has 8 rings (SSSR count). The van der Waals surface area contributed by atoms with Gasteiger partial charge in [0.2, 0.25) is 19.7 Å². The predicted molar refractivity (Wildman–Crippen MR) is 280 cm³/mol. The van der Waals surface area contributed by atoms with Gasteiger partial charge in [-0.2, -0.15) is 0 Å². The van der Waals surface area contributed by atoms with Gasteiger partial charge in [0, 0.05) is 72.4 Å². The zero-order chi connectivity index (χ0) is 48.5. The van der Waals surface area contributed by atoms with Crippen molar-refractivity contribution in [2.24, 2.45) is 0 Å². The molecule has 16 heteroatoms. The van der Waals surface area contributed by atoms with Crippen molar-refractivity contribution >= 4 is 78.0 Å². The molecule has 2 aliphatic heterocycles. The normalized spacial score (nSPS) is 13.5. The molecule has 0 bridgehead atoms. The summed E-state index contributed by atoms with van der Waals surface area (Å²) in [6.07, 6.45) is -0.572. The van der Waals surface area contributed by atoms with Gasteiger partial charge in [-0.25, -0.2) is 26.4 Å². The van der Waals surface area contributed by atoms with E-state index in [-0.39, 0.29) is 64.5 Å². The largest absolute Gasteiger partial charge is 0.453 e. The number of nitrogen functional groups attached to an aromatic ring is 1. The summed E-state index contributed by atoms with van der Waals surface area (Å²) in [6, 6.07) is 39.4. The van der Waals surface area contributed by atoms with Crippen molar-refractivity contribution in [3.8, 4) is 0 Å². The number of carbonyl (C=O) groups is 2. The number of rotatable bonds is 11. The van der Waals surface area contributed by atoms with Crippen LogP contribution in [0.15, 0.2) is 153 Å².